The smallest absolute Gasteiger partial charge is 0.321 e. The molecule has 0 aliphatic heterocycles. The Hall–Kier alpha value is -1.63. The number of carbonyl (C=O) groups excluding carboxylic acids is 3. The molecule has 3 atom stereocenters. The summed E-state index contributed by atoms with van der Waals surface area (Å²) in [5.41, 5.74) is -1.42. The summed E-state index contributed by atoms with van der Waals surface area (Å²) in [7, 11) is 1.40. The van der Waals surface area contributed by atoms with E-state index in [0.29, 0.717) is 18.3 Å². The number of rotatable bonds is 3. The van der Waals surface area contributed by atoms with E-state index in [9.17, 15) is 19.5 Å². The molecule has 0 spiro atoms. The first-order valence-electron chi connectivity index (χ1n) is 8.21. The third-order valence-corrected chi connectivity index (χ3v) is 5.58. The molecule has 0 saturated heterocycles. The molecule has 3 N–H and O–H groups in total. The van der Waals surface area contributed by atoms with Crippen molar-refractivity contribution in [2.75, 3.05) is 7.05 Å². The van der Waals surface area contributed by atoms with Gasteiger partial charge in [0.1, 0.15) is 0 Å². The van der Waals surface area contributed by atoms with E-state index in [1.165, 1.54) is 14.0 Å². The zero-order valence-corrected chi connectivity index (χ0v) is 13.6. The van der Waals surface area contributed by atoms with Gasteiger partial charge in [0.15, 0.2) is 6.10 Å². The van der Waals surface area contributed by atoms with Crippen LogP contribution in [-0.4, -0.2) is 41.8 Å². The topological polar surface area (TPSA) is 105 Å². The maximum absolute atomic E-state index is 12.7. The summed E-state index contributed by atoms with van der Waals surface area (Å²) in [6.45, 7) is 1.45. The first-order chi connectivity index (χ1) is 10.8. The molecule has 7 nitrogen and oxygen atoms in total. The van der Waals surface area contributed by atoms with Gasteiger partial charge in [0, 0.05) is 7.05 Å². The molecule has 4 rings (SSSR count). The minimum absolute atomic E-state index is 0.365. The lowest BCUT2D eigenvalue weighted by molar-refractivity contribution is -0.199. The molecule has 0 radical (unpaired) electrons. The van der Waals surface area contributed by atoms with Gasteiger partial charge < -0.3 is 15.2 Å². The molecular formula is C16H24N2O5. The Morgan fingerprint density at radius 3 is 2.30 bits per heavy atom. The molecule has 4 aliphatic carbocycles. The van der Waals surface area contributed by atoms with Gasteiger partial charge in [-0.25, -0.2) is 4.79 Å². The van der Waals surface area contributed by atoms with E-state index < -0.39 is 35.0 Å². The number of esters is 1. The third-order valence-electron chi connectivity index (χ3n) is 5.58. The van der Waals surface area contributed by atoms with Crippen molar-refractivity contribution in [3.8, 4) is 0 Å². The highest BCUT2D eigenvalue weighted by molar-refractivity contribution is 5.97. The van der Waals surface area contributed by atoms with Gasteiger partial charge in [-0.05, 0) is 57.3 Å². The lowest BCUT2D eigenvalue weighted by Gasteiger charge is -2.58. The molecular weight excluding hydrogens is 300 g/mol. The molecule has 4 aliphatic rings. The highest BCUT2D eigenvalue weighted by Gasteiger charge is 2.61. The molecule has 128 valence electrons. The molecule has 0 aromatic rings. The summed E-state index contributed by atoms with van der Waals surface area (Å²) in [5, 5.41) is 15.0. The third kappa shape index (κ3) is 2.94. The van der Waals surface area contributed by atoms with Gasteiger partial charge >= 0.3 is 12.0 Å². The van der Waals surface area contributed by atoms with E-state index in [-0.39, 0.29) is 0 Å². The Bertz CT molecular complexity index is 533. The maximum Gasteiger partial charge on any atom is 0.321 e. The van der Waals surface area contributed by atoms with Crippen molar-refractivity contribution < 1.29 is 24.2 Å². The number of carbonyl (C=O) groups is 3. The number of imide groups is 1. The maximum atomic E-state index is 12.7. The molecule has 0 heterocycles. The van der Waals surface area contributed by atoms with Crippen molar-refractivity contribution in [3.05, 3.63) is 0 Å². The van der Waals surface area contributed by atoms with Gasteiger partial charge in [-0.1, -0.05) is 0 Å². The van der Waals surface area contributed by atoms with Crippen LogP contribution >= 0.6 is 0 Å². The predicted octanol–water partition coefficient (Wildman–Crippen LogP) is 0.705. The average molecular weight is 324 g/mol. The number of hydrogen-bond donors (Lipinski definition) is 3. The second kappa shape index (κ2) is 5.47. The standard InChI is InChI=1S/C16H24N2O5/c1-9(12(19)18-14(21)17-2)23-13(20)15-4-10-3-11(5-15)7-16(22,6-10)8-15/h9-11,22H,3-8H2,1-2H3,(H2,17,18,19,21)/t9-,10-,11-,15?,16?/m0/s1. The summed E-state index contributed by atoms with van der Waals surface area (Å²) in [5.74, 6) is -0.335. The van der Waals surface area contributed by atoms with Crippen LogP contribution in [0.1, 0.15) is 45.4 Å². The second-order valence-corrected chi connectivity index (χ2v) is 7.58. The monoisotopic (exact) mass is 324 g/mol. The molecule has 7 heteroatoms. The highest BCUT2D eigenvalue weighted by Crippen LogP contribution is 2.62. The second-order valence-electron chi connectivity index (χ2n) is 7.58. The Kier molecular flexibility index (Phi) is 3.86. The van der Waals surface area contributed by atoms with Gasteiger partial charge in [-0.3, -0.25) is 14.9 Å². The average Bonchev–Trinajstić information content (AvgIpc) is 2.44. The minimum atomic E-state index is -1.04. The summed E-state index contributed by atoms with van der Waals surface area (Å²) in [6.07, 6.45) is 3.46. The zero-order valence-electron chi connectivity index (χ0n) is 13.6. The Morgan fingerprint density at radius 1 is 1.17 bits per heavy atom. The van der Waals surface area contributed by atoms with Crippen LogP contribution in [0.3, 0.4) is 0 Å². The van der Waals surface area contributed by atoms with Crippen LogP contribution in [0.5, 0.6) is 0 Å². The molecule has 0 unspecified atom stereocenters. The van der Waals surface area contributed by atoms with Gasteiger partial charge in [0.05, 0.1) is 11.0 Å². The van der Waals surface area contributed by atoms with Crippen molar-refractivity contribution in [2.45, 2.75) is 57.2 Å². The van der Waals surface area contributed by atoms with E-state index in [2.05, 4.69) is 10.6 Å². The number of urea groups is 1. The summed E-state index contributed by atoms with van der Waals surface area (Å²) in [4.78, 5) is 35.7. The van der Waals surface area contributed by atoms with Gasteiger partial charge in [-0.15, -0.1) is 0 Å². The van der Waals surface area contributed by atoms with Crippen LogP contribution in [0.2, 0.25) is 0 Å². The largest absolute Gasteiger partial charge is 0.452 e. The van der Waals surface area contributed by atoms with E-state index in [0.717, 1.165) is 32.1 Å². The number of aliphatic hydroxyl groups is 1. The molecule has 4 bridgehead atoms. The van der Waals surface area contributed by atoms with Crippen LogP contribution < -0.4 is 10.6 Å². The van der Waals surface area contributed by atoms with Gasteiger partial charge in [-0.2, -0.15) is 0 Å². The molecule has 0 aromatic carbocycles. The fraction of sp³-hybridized carbons (Fsp3) is 0.812. The van der Waals surface area contributed by atoms with E-state index in [1.807, 2.05) is 0 Å². The lowest BCUT2D eigenvalue weighted by atomic mass is 9.48. The summed E-state index contributed by atoms with van der Waals surface area (Å²) < 4.78 is 5.35. The van der Waals surface area contributed by atoms with Crippen molar-refractivity contribution in [1.29, 1.82) is 0 Å². The van der Waals surface area contributed by atoms with Crippen LogP contribution in [-0.2, 0) is 14.3 Å². The van der Waals surface area contributed by atoms with Crippen LogP contribution in [0.25, 0.3) is 0 Å². The van der Waals surface area contributed by atoms with Crippen molar-refractivity contribution >= 4 is 17.9 Å². The SMILES string of the molecule is CNC(=O)NC(=O)[C@H](C)OC(=O)C12C[C@@H]3C[C@H](CC(O)(C3)C1)C2. The molecule has 23 heavy (non-hydrogen) atoms. The van der Waals surface area contributed by atoms with Crippen LogP contribution in [0.4, 0.5) is 4.79 Å². The summed E-state index contributed by atoms with van der Waals surface area (Å²) in [6, 6.07) is -0.637. The minimum Gasteiger partial charge on any atom is -0.452 e. The normalized spacial score (nSPS) is 38.7. The van der Waals surface area contributed by atoms with E-state index in [4.69, 9.17) is 4.74 Å². The summed E-state index contributed by atoms with van der Waals surface area (Å²) >= 11 is 0. The predicted molar refractivity (Wildman–Crippen MR) is 80.2 cm³/mol. The number of hydrogen-bond acceptors (Lipinski definition) is 5. The Morgan fingerprint density at radius 2 is 1.78 bits per heavy atom. The van der Waals surface area contributed by atoms with Crippen LogP contribution in [0, 0.1) is 17.3 Å². The first kappa shape index (κ1) is 16.2. The Labute approximate surface area is 135 Å². The van der Waals surface area contributed by atoms with Gasteiger partial charge in [0.2, 0.25) is 0 Å². The molecule has 0 aromatic heterocycles. The van der Waals surface area contributed by atoms with Gasteiger partial charge in [0.25, 0.3) is 5.91 Å². The van der Waals surface area contributed by atoms with E-state index >= 15 is 0 Å². The van der Waals surface area contributed by atoms with Crippen molar-refractivity contribution in [3.63, 3.8) is 0 Å². The number of amides is 3. The quantitative estimate of drug-likeness (QED) is 0.663. The molecule has 4 fully saturated rings. The van der Waals surface area contributed by atoms with E-state index in [1.54, 1.807) is 0 Å². The first-order valence-corrected chi connectivity index (χ1v) is 8.21. The number of nitrogens with one attached hydrogen (secondary N) is 2. The zero-order chi connectivity index (χ0) is 16.8. The van der Waals surface area contributed by atoms with Crippen molar-refractivity contribution in [1.82, 2.24) is 10.6 Å². The Balaban J connectivity index is 1.66. The number of ether oxygens (including phenoxy) is 1. The fourth-order valence-corrected chi connectivity index (χ4v) is 5.07. The fourth-order valence-electron chi connectivity index (χ4n) is 5.07. The molecule has 4 saturated carbocycles. The lowest BCUT2D eigenvalue weighted by Crippen LogP contribution is -2.59. The van der Waals surface area contributed by atoms with Crippen molar-refractivity contribution in [2.24, 2.45) is 17.3 Å². The highest BCUT2D eigenvalue weighted by atomic mass is 16.5. The molecule has 3 amide bonds. The van der Waals surface area contributed by atoms with Crippen LogP contribution in [0.15, 0.2) is 0 Å².